The Bertz CT molecular complexity index is 532. The fourth-order valence-electron chi connectivity index (χ4n) is 2.03. The summed E-state index contributed by atoms with van der Waals surface area (Å²) in [5.74, 6) is 0.149. The third-order valence-corrected chi connectivity index (χ3v) is 6.21. The number of benzene rings is 1. The Kier molecular flexibility index (Phi) is 4.11. The summed E-state index contributed by atoms with van der Waals surface area (Å²) in [5, 5.41) is 9.81. The number of β-amino-alcohol motifs (C(OH)–C–C–N with tert-alkyl or cyclic N) is 1. The first-order valence-corrected chi connectivity index (χ1v) is 8.09. The van der Waals surface area contributed by atoms with Crippen molar-refractivity contribution in [2.75, 3.05) is 13.1 Å². The molecule has 2 atom stereocenters. The van der Waals surface area contributed by atoms with Crippen molar-refractivity contribution >= 4 is 26.0 Å². The highest BCUT2D eigenvalue weighted by molar-refractivity contribution is 9.10. The van der Waals surface area contributed by atoms with Crippen molar-refractivity contribution in [1.82, 2.24) is 4.31 Å². The fourth-order valence-corrected chi connectivity index (χ4v) is 4.47. The average Bonchev–Trinajstić information content (AvgIpc) is 2.33. The van der Waals surface area contributed by atoms with E-state index in [0.717, 1.165) is 0 Å². The van der Waals surface area contributed by atoms with Gasteiger partial charge in [-0.25, -0.2) is 8.42 Å². The van der Waals surface area contributed by atoms with Crippen LogP contribution in [0.25, 0.3) is 0 Å². The molecule has 0 saturated carbocycles. The Morgan fingerprint density at radius 3 is 2.67 bits per heavy atom. The topological polar surface area (TPSA) is 57.6 Å². The lowest BCUT2D eigenvalue weighted by Gasteiger charge is -2.33. The lowest BCUT2D eigenvalue weighted by atomic mass is 9.98. The molecule has 0 radical (unpaired) electrons. The number of aliphatic hydroxyl groups excluding tert-OH is 1. The van der Waals surface area contributed by atoms with E-state index in [0.29, 0.717) is 17.4 Å². The van der Waals surface area contributed by atoms with Gasteiger partial charge in [-0.2, -0.15) is 4.31 Å². The summed E-state index contributed by atoms with van der Waals surface area (Å²) in [6.45, 7) is 2.57. The van der Waals surface area contributed by atoms with Crippen molar-refractivity contribution in [2.24, 2.45) is 5.92 Å². The van der Waals surface area contributed by atoms with Crippen molar-refractivity contribution in [3.05, 3.63) is 28.7 Å². The molecule has 1 aromatic carbocycles. The van der Waals surface area contributed by atoms with Crippen LogP contribution in [0.4, 0.5) is 0 Å². The molecule has 1 aliphatic rings. The molecular weight excluding hydrogens is 318 g/mol. The van der Waals surface area contributed by atoms with E-state index in [1.54, 1.807) is 24.3 Å². The number of piperidine rings is 1. The van der Waals surface area contributed by atoms with Gasteiger partial charge in [-0.15, -0.1) is 0 Å². The van der Waals surface area contributed by atoms with Gasteiger partial charge in [0.1, 0.15) is 0 Å². The van der Waals surface area contributed by atoms with Crippen LogP contribution >= 0.6 is 15.9 Å². The Hall–Kier alpha value is -0.430. The minimum Gasteiger partial charge on any atom is -0.391 e. The molecule has 0 aromatic heterocycles. The van der Waals surface area contributed by atoms with Gasteiger partial charge in [-0.05, 0) is 40.4 Å². The van der Waals surface area contributed by atoms with Crippen LogP contribution in [-0.4, -0.2) is 37.0 Å². The Labute approximate surface area is 116 Å². The van der Waals surface area contributed by atoms with E-state index in [9.17, 15) is 13.5 Å². The van der Waals surface area contributed by atoms with E-state index >= 15 is 0 Å². The van der Waals surface area contributed by atoms with Crippen molar-refractivity contribution < 1.29 is 13.5 Å². The lowest BCUT2D eigenvalue weighted by molar-refractivity contribution is 0.0605. The Morgan fingerprint density at radius 1 is 1.39 bits per heavy atom. The molecule has 18 heavy (non-hydrogen) atoms. The van der Waals surface area contributed by atoms with Crippen molar-refractivity contribution in [1.29, 1.82) is 0 Å². The van der Waals surface area contributed by atoms with Crippen LogP contribution in [0.1, 0.15) is 13.3 Å². The number of halogens is 1. The monoisotopic (exact) mass is 333 g/mol. The minimum atomic E-state index is -3.52. The molecule has 1 heterocycles. The summed E-state index contributed by atoms with van der Waals surface area (Å²) in [7, 11) is -3.52. The molecule has 1 aliphatic heterocycles. The first-order chi connectivity index (χ1) is 8.43. The van der Waals surface area contributed by atoms with Gasteiger partial charge in [0.15, 0.2) is 0 Å². The van der Waals surface area contributed by atoms with Gasteiger partial charge in [0.25, 0.3) is 0 Å². The van der Waals surface area contributed by atoms with Crippen LogP contribution in [-0.2, 0) is 10.0 Å². The third-order valence-electron chi connectivity index (χ3n) is 3.34. The highest BCUT2D eigenvalue weighted by Gasteiger charge is 2.33. The molecule has 0 aliphatic carbocycles. The molecule has 2 unspecified atom stereocenters. The maximum atomic E-state index is 12.4. The van der Waals surface area contributed by atoms with E-state index in [2.05, 4.69) is 15.9 Å². The summed E-state index contributed by atoms with van der Waals surface area (Å²) in [4.78, 5) is 0.256. The second-order valence-electron chi connectivity index (χ2n) is 4.63. The molecule has 6 heteroatoms. The second-order valence-corrected chi connectivity index (χ2v) is 7.39. The maximum Gasteiger partial charge on any atom is 0.244 e. The number of sulfonamides is 1. The van der Waals surface area contributed by atoms with E-state index in [1.807, 2.05) is 6.92 Å². The summed E-state index contributed by atoms with van der Waals surface area (Å²) in [6, 6.07) is 6.75. The van der Waals surface area contributed by atoms with Crippen molar-refractivity contribution in [3.8, 4) is 0 Å². The maximum absolute atomic E-state index is 12.4. The van der Waals surface area contributed by atoms with Gasteiger partial charge in [0.05, 0.1) is 11.0 Å². The molecule has 0 bridgehead atoms. The van der Waals surface area contributed by atoms with Crippen LogP contribution in [0.15, 0.2) is 33.6 Å². The van der Waals surface area contributed by atoms with Gasteiger partial charge < -0.3 is 5.11 Å². The van der Waals surface area contributed by atoms with Crippen LogP contribution in [0.2, 0.25) is 0 Å². The number of nitrogens with zero attached hydrogens (tertiary/aromatic N) is 1. The van der Waals surface area contributed by atoms with Crippen LogP contribution in [0.5, 0.6) is 0 Å². The minimum absolute atomic E-state index is 0.149. The normalized spacial score (nSPS) is 26.2. The zero-order valence-corrected chi connectivity index (χ0v) is 12.5. The third kappa shape index (κ3) is 2.61. The zero-order valence-electron chi connectivity index (χ0n) is 10.1. The van der Waals surface area contributed by atoms with E-state index in [4.69, 9.17) is 0 Å². The highest BCUT2D eigenvalue weighted by Crippen LogP contribution is 2.28. The van der Waals surface area contributed by atoms with E-state index in [1.165, 1.54) is 4.31 Å². The van der Waals surface area contributed by atoms with Crippen molar-refractivity contribution in [2.45, 2.75) is 24.3 Å². The summed E-state index contributed by atoms with van der Waals surface area (Å²) >= 11 is 3.26. The average molecular weight is 334 g/mol. The molecule has 1 N–H and O–H groups in total. The summed E-state index contributed by atoms with van der Waals surface area (Å²) in [5.41, 5.74) is 0. The van der Waals surface area contributed by atoms with Gasteiger partial charge in [0.2, 0.25) is 10.0 Å². The first-order valence-electron chi connectivity index (χ1n) is 5.85. The lowest BCUT2D eigenvalue weighted by Crippen LogP contribution is -2.45. The standard InChI is InChI=1S/C12H16BrNO3S/c1-9-6-7-14(8-11(9)15)18(16,17)12-5-3-2-4-10(12)13/h2-5,9,11,15H,6-8H2,1H3. The molecule has 1 aromatic rings. The molecule has 0 amide bonds. The Balaban J connectivity index is 2.30. The molecule has 1 saturated heterocycles. The number of rotatable bonds is 2. The van der Waals surface area contributed by atoms with E-state index in [-0.39, 0.29) is 17.4 Å². The summed E-state index contributed by atoms with van der Waals surface area (Å²) in [6.07, 6.45) is 0.0983. The molecule has 2 rings (SSSR count). The van der Waals surface area contributed by atoms with Crippen molar-refractivity contribution in [3.63, 3.8) is 0 Å². The molecule has 4 nitrogen and oxygen atoms in total. The molecule has 1 fully saturated rings. The smallest absolute Gasteiger partial charge is 0.244 e. The predicted molar refractivity (Wildman–Crippen MR) is 72.7 cm³/mol. The van der Waals surface area contributed by atoms with Gasteiger partial charge in [-0.3, -0.25) is 0 Å². The number of hydrogen-bond acceptors (Lipinski definition) is 3. The predicted octanol–water partition coefficient (Wildman–Crippen LogP) is 1.84. The molecular formula is C12H16BrNO3S. The van der Waals surface area contributed by atoms with Gasteiger partial charge in [-0.1, -0.05) is 19.1 Å². The SMILES string of the molecule is CC1CCN(S(=O)(=O)c2ccccc2Br)CC1O. The molecule has 0 spiro atoms. The molecule has 100 valence electrons. The quantitative estimate of drug-likeness (QED) is 0.898. The summed E-state index contributed by atoms with van der Waals surface area (Å²) < 4.78 is 26.8. The number of aliphatic hydroxyl groups is 1. The fraction of sp³-hybridized carbons (Fsp3) is 0.500. The van der Waals surface area contributed by atoms with Crippen LogP contribution < -0.4 is 0 Å². The Morgan fingerprint density at radius 2 is 2.06 bits per heavy atom. The number of hydrogen-bond donors (Lipinski definition) is 1. The zero-order chi connectivity index (χ0) is 13.3. The van der Waals surface area contributed by atoms with Crippen LogP contribution in [0.3, 0.4) is 0 Å². The highest BCUT2D eigenvalue weighted by atomic mass is 79.9. The van der Waals surface area contributed by atoms with Crippen LogP contribution in [0, 0.1) is 5.92 Å². The first kappa shape index (κ1) is 14.0. The van der Waals surface area contributed by atoms with E-state index < -0.39 is 16.1 Å². The largest absolute Gasteiger partial charge is 0.391 e. The second kappa shape index (κ2) is 5.28. The van der Waals surface area contributed by atoms with Gasteiger partial charge >= 0.3 is 0 Å². The van der Waals surface area contributed by atoms with Gasteiger partial charge in [0, 0.05) is 17.6 Å².